The largest absolute Gasteiger partial charge is 0.303 e. The first-order chi connectivity index (χ1) is 7.77. The number of hydrogen-bond acceptors (Lipinski definition) is 1. The van der Waals surface area contributed by atoms with Gasteiger partial charge in [-0.25, -0.2) is 0 Å². The van der Waals surface area contributed by atoms with Crippen molar-refractivity contribution in [2.24, 2.45) is 17.8 Å². The minimum absolute atomic E-state index is 0.767. The average molecular weight is 224 g/mol. The van der Waals surface area contributed by atoms with Crippen molar-refractivity contribution in [3.05, 3.63) is 0 Å². The fraction of sp³-hybridized carbons (Fsp3) is 0.933. The van der Waals surface area contributed by atoms with E-state index in [-0.39, 0.29) is 0 Å². The van der Waals surface area contributed by atoms with E-state index in [1.165, 1.54) is 44.9 Å². The van der Waals surface area contributed by atoms with Crippen molar-refractivity contribution in [3.63, 3.8) is 0 Å². The third-order valence-corrected chi connectivity index (χ3v) is 4.28. The monoisotopic (exact) mass is 224 g/mol. The van der Waals surface area contributed by atoms with Gasteiger partial charge in [-0.3, -0.25) is 0 Å². The maximum atomic E-state index is 10.4. The molecule has 0 saturated heterocycles. The number of carbonyl (C=O) groups is 1. The molecule has 1 fully saturated rings. The molecule has 1 saturated carbocycles. The predicted octanol–water partition coefficient (Wildman–Crippen LogP) is 4.60. The lowest BCUT2D eigenvalue weighted by Gasteiger charge is -2.32. The Hall–Kier alpha value is -0.330. The molecule has 0 aromatic heterocycles. The Balaban J connectivity index is 2.33. The molecule has 1 rings (SSSR count). The zero-order valence-electron chi connectivity index (χ0n) is 11.1. The van der Waals surface area contributed by atoms with Crippen molar-refractivity contribution in [3.8, 4) is 0 Å². The molecule has 0 N–H and O–H groups in total. The predicted molar refractivity (Wildman–Crippen MR) is 69.4 cm³/mol. The van der Waals surface area contributed by atoms with Crippen LogP contribution in [-0.4, -0.2) is 6.29 Å². The van der Waals surface area contributed by atoms with Crippen molar-refractivity contribution in [1.82, 2.24) is 0 Å². The summed E-state index contributed by atoms with van der Waals surface area (Å²) in [6.07, 6.45) is 12.6. The van der Waals surface area contributed by atoms with Crippen LogP contribution in [-0.2, 0) is 4.79 Å². The molecule has 1 aliphatic rings. The Bertz CT molecular complexity index is 180. The zero-order chi connectivity index (χ0) is 11.8. The normalized spacial score (nSPS) is 27.6. The summed E-state index contributed by atoms with van der Waals surface area (Å²) < 4.78 is 0. The summed E-state index contributed by atoms with van der Waals surface area (Å²) in [5, 5.41) is 0. The summed E-state index contributed by atoms with van der Waals surface area (Å²) in [6, 6.07) is 0. The summed E-state index contributed by atoms with van der Waals surface area (Å²) in [4.78, 5) is 10.4. The molecular weight excluding hydrogens is 196 g/mol. The van der Waals surface area contributed by atoms with Crippen LogP contribution in [0.5, 0.6) is 0 Å². The summed E-state index contributed by atoms with van der Waals surface area (Å²) >= 11 is 0. The highest BCUT2D eigenvalue weighted by molar-refractivity contribution is 5.48. The highest BCUT2D eigenvalue weighted by Crippen LogP contribution is 2.37. The Labute approximate surface area is 101 Å². The van der Waals surface area contributed by atoms with E-state index in [0.29, 0.717) is 0 Å². The van der Waals surface area contributed by atoms with Crippen LogP contribution in [0.1, 0.15) is 71.6 Å². The van der Waals surface area contributed by atoms with Crippen LogP contribution in [0.3, 0.4) is 0 Å². The molecule has 0 spiro atoms. The van der Waals surface area contributed by atoms with Gasteiger partial charge in [-0.05, 0) is 43.4 Å². The lowest BCUT2D eigenvalue weighted by Crippen LogP contribution is -2.21. The molecule has 1 unspecified atom stereocenters. The van der Waals surface area contributed by atoms with Gasteiger partial charge in [0, 0.05) is 6.42 Å². The summed E-state index contributed by atoms with van der Waals surface area (Å²) in [7, 11) is 0. The molecule has 0 aromatic carbocycles. The van der Waals surface area contributed by atoms with Crippen molar-refractivity contribution < 1.29 is 4.79 Å². The molecule has 0 aromatic rings. The van der Waals surface area contributed by atoms with E-state index in [0.717, 1.165) is 36.9 Å². The Morgan fingerprint density at radius 1 is 1.19 bits per heavy atom. The van der Waals surface area contributed by atoms with Crippen LogP contribution in [0, 0.1) is 17.8 Å². The van der Waals surface area contributed by atoms with Gasteiger partial charge in [0.2, 0.25) is 0 Å². The average Bonchev–Trinajstić information content (AvgIpc) is 2.29. The SMILES string of the molecule is CCCC(CCCC=O)C1CCC(C)CC1. The maximum absolute atomic E-state index is 10.4. The van der Waals surface area contributed by atoms with E-state index < -0.39 is 0 Å². The van der Waals surface area contributed by atoms with Gasteiger partial charge in [-0.1, -0.05) is 39.5 Å². The molecule has 94 valence electrons. The van der Waals surface area contributed by atoms with Gasteiger partial charge >= 0.3 is 0 Å². The Morgan fingerprint density at radius 3 is 2.44 bits per heavy atom. The number of rotatable bonds is 7. The number of aldehydes is 1. The van der Waals surface area contributed by atoms with Gasteiger partial charge in [0.15, 0.2) is 0 Å². The molecule has 1 nitrogen and oxygen atoms in total. The van der Waals surface area contributed by atoms with Crippen LogP contribution in [0.25, 0.3) is 0 Å². The zero-order valence-corrected chi connectivity index (χ0v) is 11.1. The molecule has 1 aliphatic carbocycles. The van der Waals surface area contributed by atoms with Crippen molar-refractivity contribution in [2.45, 2.75) is 71.6 Å². The van der Waals surface area contributed by atoms with E-state index in [1.54, 1.807) is 0 Å². The number of carbonyl (C=O) groups excluding carboxylic acids is 1. The van der Waals surface area contributed by atoms with E-state index >= 15 is 0 Å². The third kappa shape index (κ3) is 4.67. The van der Waals surface area contributed by atoms with Gasteiger partial charge in [-0.2, -0.15) is 0 Å². The molecule has 1 heteroatoms. The van der Waals surface area contributed by atoms with Crippen molar-refractivity contribution >= 4 is 6.29 Å². The van der Waals surface area contributed by atoms with Gasteiger partial charge in [0.25, 0.3) is 0 Å². The van der Waals surface area contributed by atoms with Crippen molar-refractivity contribution in [2.75, 3.05) is 0 Å². The summed E-state index contributed by atoms with van der Waals surface area (Å²) in [5.74, 6) is 2.81. The molecule has 1 atom stereocenters. The second kappa shape index (κ2) is 7.86. The standard InChI is InChI=1S/C15H28O/c1-3-6-14(7-4-5-12-16)15-10-8-13(2)9-11-15/h12-15H,3-11H2,1-2H3. The van der Waals surface area contributed by atoms with E-state index in [2.05, 4.69) is 13.8 Å². The van der Waals surface area contributed by atoms with Crippen LogP contribution < -0.4 is 0 Å². The summed E-state index contributed by atoms with van der Waals surface area (Å²) in [6.45, 7) is 4.68. The second-order valence-electron chi connectivity index (χ2n) is 5.67. The molecule has 0 bridgehead atoms. The van der Waals surface area contributed by atoms with Crippen LogP contribution in [0.2, 0.25) is 0 Å². The first-order valence-corrected chi connectivity index (χ1v) is 7.21. The lowest BCUT2D eigenvalue weighted by atomic mass is 9.73. The molecule has 0 heterocycles. The second-order valence-corrected chi connectivity index (χ2v) is 5.67. The smallest absolute Gasteiger partial charge is 0.119 e. The fourth-order valence-corrected chi connectivity index (χ4v) is 3.21. The highest BCUT2D eigenvalue weighted by Gasteiger charge is 2.24. The van der Waals surface area contributed by atoms with Crippen LogP contribution >= 0.6 is 0 Å². The van der Waals surface area contributed by atoms with Crippen LogP contribution in [0.15, 0.2) is 0 Å². The lowest BCUT2D eigenvalue weighted by molar-refractivity contribution is -0.108. The third-order valence-electron chi connectivity index (χ3n) is 4.28. The minimum atomic E-state index is 0.767. The molecule has 0 amide bonds. The van der Waals surface area contributed by atoms with Gasteiger partial charge < -0.3 is 4.79 Å². The summed E-state index contributed by atoms with van der Waals surface area (Å²) in [5.41, 5.74) is 0. The molecular formula is C15H28O. The molecule has 0 radical (unpaired) electrons. The number of unbranched alkanes of at least 4 members (excludes halogenated alkanes) is 1. The Kier molecular flexibility index (Phi) is 6.75. The molecule has 0 aliphatic heterocycles. The fourth-order valence-electron chi connectivity index (χ4n) is 3.21. The maximum Gasteiger partial charge on any atom is 0.119 e. The van der Waals surface area contributed by atoms with Gasteiger partial charge in [-0.15, -0.1) is 0 Å². The van der Waals surface area contributed by atoms with Gasteiger partial charge in [0.05, 0.1) is 0 Å². The van der Waals surface area contributed by atoms with Gasteiger partial charge in [0.1, 0.15) is 6.29 Å². The molecule has 16 heavy (non-hydrogen) atoms. The quantitative estimate of drug-likeness (QED) is 0.456. The highest BCUT2D eigenvalue weighted by atomic mass is 16.1. The van der Waals surface area contributed by atoms with E-state index in [1.807, 2.05) is 0 Å². The first-order valence-electron chi connectivity index (χ1n) is 7.21. The van der Waals surface area contributed by atoms with Crippen molar-refractivity contribution in [1.29, 1.82) is 0 Å². The van der Waals surface area contributed by atoms with E-state index in [9.17, 15) is 4.79 Å². The van der Waals surface area contributed by atoms with E-state index in [4.69, 9.17) is 0 Å². The van der Waals surface area contributed by atoms with Crippen LogP contribution in [0.4, 0.5) is 0 Å². The first kappa shape index (κ1) is 13.7. The Morgan fingerprint density at radius 2 is 1.88 bits per heavy atom. The topological polar surface area (TPSA) is 17.1 Å². The number of hydrogen-bond donors (Lipinski definition) is 0. The minimum Gasteiger partial charge on any atom is -0.303 e.